The highest BCUT2D eigenvalue weighted by Gasteiger charge is 2.25. The maximum Gasteiger partial charge on any atom is 0.311 e. The molecular weight excluding hydrogens is 270 g/mol. The zero-order valence-corrected chi connectivity index (χ0v) is 11.7. The molecular formula is C15H17N3O3. The fraction of sp³-hybridized carbons (Fsp3) is 0.400. The molecule has 1 aliphatic rings. The third-order valence-electron chi connectivity index (χ3n) is 3.24. The van der Waals surface area contributed by atoms with E-state index in [9.17, 15) is 9.59 Å². The minimum Gasteiger partial charge on any atom is -0.492 e. The molecule has 0 spiro atoms. The summed E-state index contributed by atoms with van der Waals surface area (Å²) in [6.45, 7) is 2.10. The van der Waals surface area contributed by atoms with Gasteiger partial charge in [-0.05, 0) is 25.0 Å². The minimum atomic E-state index is -0.527. The lowest BCUT2D eigenvalue weighted by Gasteiger charge is -2.26. The van der Waals surface area contributed by atoms with Crippen molar-refractivity contribution in [1.82, 2.24) is 10.2 Å². The van der Waals surface area contributed by atoms with Crippen molar-refractivity contribution in [3.8, 4) is 11.8 Å². The van der Waals surface area contributed by atoms with Crippen molar-refractivity contribution in [2.45, 2.75) is 12.8 Å². The first-order valence-corrected chi connectivity index (χ1v) is 6.91. The van der Waals surface area contributed by atoms with Gasteiger partial charge in [0.25, 0.3) is 0 Å². The number of unbranched alkanes of at least 4 members (excludes halogenated alkanes) is 1. The number of hydrogen-bond donors (Lipinski definition) is 1. The molecule has 0 unspecified atom stereocenters. The molecule has 0 aliphatic carbocycles. The van der Waals surface area contributed by atoms with Crippen molar-refractivity contribution in [2.75, 3.05) is 26.2 Å². The van der Waals surface area contributed by atoms with Crippen LogP contribution in [0.1, 0.15) is 18.4 Å². The van der Waals surface area contributed by atoms with Gasteiger partial charge in [0.05, 0.1) is 12.2 Å². The molecule has 1 aromatic carbocycles. The molecule has 1 aromatic rings. The highest BCUT2D eigenvalue weighted by atomic mass is 16.5. The van der Waals surface area contributed by atoms with Crippen LogP contribution in [0.4, 0.5) is 0 Å². The number of piperazine rings is 1. The lowest BCUT2D eigenvalue weighted by atomic mass is 10.2. The number of ether oxygens (including phenoxy) is 1. The number of hydrogen-bond acceptors (Lipinski definition) is 4. The van der Waals surface area contributed by atoms with E-state index in [4.69, 9.17) is 10.00 Å². The van der Waals surface area contributed by atoms with Crippen LogP contribution in [0.15, 0.2) is 24.3 Å². The molecule has 1 heterocycles. The largest absolute Gasteiger partial charge is 0.492 e. The van der Waals surface area contributed by atoms with Gasteiger partial charge in [0.1, 0.15) is 11.8 Å². The molecule has 0 bridgehead atoms. The van der Waals surface area contributed by atoms with E-state index in [1.54, 1.807) is 23.1 Å². The fourth-order valence-corrected chi connectivity index (χ4v) is 2.11. The van der Waals surface area contributed by atoms with Crippen molar-refractivity contribution in [1.29, 1.82) is 5.26 Å². The monoisotopic (exact) mass is 287 g/mol. The lowest BCUT2D eigenvalue weighted by Crippen LogP contribution is -2.52. The van der Waals surface area contributed by atoms with Gasteiger partial charge in [-0.1, -0.05) is 12.1 Å². The quantitative estimate of drug-likeness (QED) is 0.616. The first kappa shape index (κ1) is 14.9. The van der Waals surface area contributed by atoms with E-state index < -0.39 is 11.8 Å². The molecule has 110 valence electrons. The summed E-state index contributed by atoms with van der Waals surface area (Å²) in [6, 6.07) is 9.16. The number of nitrogens with zero attached hydrogens (tertiary/aromatic N) is 2. The molecule has 0 atom stereocenters. The van der Waals surface area contributed by atoms with Crippen LogP contribution in [0.2, 0.25) is 0 Å². The molecule has 0 aromatic heterocycles. The van der Waals surface area contributed by atoms with Gasteiger partial charge >= 0.3 is 11.8 Å². The van der Waals surface area contributed by atoms with E-state index >= 15 is 0 Å². The van der Waals surface area contributed by atoms with Gasteiger partial charge in [-0.3, -0.25) is 9.59 Å². The summed E-state index contributed by atoms with van der Waals surface area (Å²) in [5.41, 5.74) is 0.514. The second-order valence-corrected chi connectivity index (χ2v) is 4.71. The average Bonchev–Trinajstić information content (AvgIpc) is 2.51. The Balaban J connectivity index is 1.70. The Morgan fingerprint density at radius 2 is 2.10 bits per heavy atom. The Morgan fingerprint density at radius 1 is 1.29 bits per heavy atom. The normalized spacial score (nSPS) is 14.5. The Hall–Kier alpha value is -2.55. The highest BCUT2D eigenvalue weighted by molar-refractivity contribution is 6.35. The maximum atomic E-state index is 11.5. The zero-order valence-electron chi connectivity index (χ0n) is 11.7. The fourth-order valence-electron chi connectivity index (χ4n) is 2.11. The van der Waals surface area contributed by atoms with Gasteiger partial charge in [0, 0.05) is 19.6 Å². The summed E-state index contributed by atoms with van der Waals surface area (Å²) in [4.78, 5) is 24.3. The molecule has 2 amide bonds. The zero-order chi connectivity index (χ0) is 15.1. The van der Waals surface area contributed by atoms with Crippen molar-refractivity contribution in [2.24, 2.45) is 0 Å². The summed E-state index contributed by atoms with van der Waals surface area (Å²) in [5, 5.41) is 11.4. The van der Waals surface area contributed by atoms with Crippen molar-refractivity contribution < 1.29 is 14.3 Å². The average molecular weight is 287 g/mol. The van der Waals surface area contributed by atoms with Crippen LogP contribution >= 0.6 is 0 Å². The number of carbonyl (C=O) groups is 2. The van der Waals surface area contributed by atoms with E-state index in [1.807, 2.05) is 6.07 Å². The third kappa shape index (κ3) is 3.96. The Morgan fingerprint density at radius 3 is 2.90 bits per heavy atom. The Kier molecular flexibility index (Phi) is 5.16. The van der Waals surface area contributed by atoms with Crippen LogP contribution in [0.5, 0.6) is 5.75 Å². The van der Waals surface area contributed by atoms with Gasteiger partial charge in [-0.15, -0.1) is 0 Å². The van der Waals surface area contributed by atoms with Crippen LogP contribution in [0.3, 0.4) is 0 Å². The van der Waals surface area contributed by atoms with Gasteiger partial charge in [0.15, 0.2) is 0 Å². The number of rotatable bonds is 6. The molecule has 1 saturated heterocycles. The van der Waals surface area contributed by atoms with Crippen LogP contribution in [-0.2, 0) is 9.59 Å². The number of nitriles is 1. The van der Waals surface area contributed by atoms with Crippen molar-refractivity contribution >= 4 is 11.8 Å². The summed E-state index contributed by atoms with van der Waals surface area (Å²) < 4.78 is 5.56. The number of carbonyl (C=O) groups excluding carboxylic acids is 2. The van der Waals surface area contributed by atoms with E-state index in [0.29, 0.717) is 37.6 Å². The van der Waals surface area contributed by atoms with Crippen molar-refractivity contribution in [3.63, 3.8) is 0 Å². The maximum absolute atomic E-state index is 11.5. The molecule has 2 rings (SSSR count). The second kappa shape index (κ2) is 7.29. The molecule has 6 heteroatoms. The van der Waals surface area contributed by atoms with Gasteiger partial charge in [0.2, 0.25) is 0 Å². The standard InChI is InChI=1S/C15H17N3O3/c16-11-12-5-1-2-6-13(12)21-10-4-3-8-18-9-7-17-14(19)15(18)20/h1-2,5-6H,3-4,7-10H2,(H,17,19). The predicted molar refractivity (Wildman–Crippen MR) is 75.5 cm³/mol. The Labute approximate surface area is 123 Å². The van der Waals surface area contributed by atoms with Crippen molar-refractivity contribution in [3.05, 3.63) is 29.8 Å². The number of nitrogens with one attached hydrogen (secondary N) is 1. The summed E-state index contributed by atoms with van der Waals surface area (Å²) >= 11 is 0. The van der Waals surface area contributed by atoms with E-state index in [1.165, 1.54) is 0 Å². The van der Waals surface area contributed by atoms with Crippen LogP contribution in [-0.4, -0.2) is 43.0 Å². The first-order chi connectivity index (χ1) is 10.2. The minimum absolute atomic E-state index is 0.461. The molecule has 1 aliphatic heterocycles. The van der Waals surface area contributed by atoms with E-state index in [0.717, 1.165) is 12.8 Å². The summed E-state index contributed by atoms with van der Waals surface area (Å²) in [7, 11) is 0. The van der Waals surface area contributed by atoms with Gasteiger partial charge in [-0.2, -0.15) is 5.26 Å². The number of amides is 2. The third-order valence-corrected chi connectivity index (χ3v) is 3.24. The first-order valence-electron chi connectivity index (χ1n) is 6.91. The number of benzene rings is 1. The van der Waals surface area contributed by atoms with E-state index in [-0.39, 0.29) is 0 Å². The Bertz CT molecular complexity index is 566. The van der Waals surface area contributed by atoms with Gasteiger partial charge < -0.3 is 15.0 Å². The highest BCUT2D eigenvalue weighted by Crippen LogP contribution is 2.16. The van der Waals surface area contributed by atoms with Gasteiger partial charge in [-0.25, -0.2) is 0 Å². The molecule has 6 nitrogen and oxygen atoms in total. The predicted octanol–water partition coefficient (Wildman–Crippen LogP) is 0.676. The molecule has 21 heavy (non-hydrogen) atoms. The SMILES string of the molecule is N#Cc1ccccc1OCCCCN1CCNC(=O)C1=O. The summed E-state index contributed by atoms with van der Waals surface area (Å²) in [6.07, 6.45) is 1.51. The lowest BCUT2D eigenvalue weighted by molar-refractivity contribution is -0.148. The molecule has 0 saturated carbocycles. The second-order valence-electron chi connectivity index (χ2n) is 4.71. The molecule has 1 N–H and O–H groups in total. The van der Waals surface area contributed by atoms with Crippen LogP contribution < -0.4 is 10.1 Å². The molecule has 1 fully saturated rings. The topological polar surface area (TPSA) is 82.4 Å². The summed E-state index contributed by atoms with van der Waals surface area (Å²) in [5.74, 6) is -0.411. The molecule has 0 radical (unpaired) electrons. The van der Waals surface area contributed by atoms with E-state index in [2.05, 4.69) is 11.4 Å². The number of para-hydroxylation sites is 1. The van der Waals surface area contributed by atoms with Crippen LogP contribution in [0, 0.1) is 11.3 Å². The van der Waals surface area contributed by atoms with Crippen LogP contribution in [0.25, 0.3) is 0 Å². The smallest absolute Gasteiger partial charge is 0.311 e.